The minimum atomic E-state index is 0.0237. The first kappa shape index (κ1) is 16.8. The molecule has 1 aliphatic rings. The number of hydrogen-bond donors (Lipinski definition) is 2. The molecular formula is C14H28N2O2S. The summed E-state index contributed by atoms with van der Waals surface area (Å²) >= 11 is 1.60. The van der Waals surface area contributed by atoms with E-state index in [-0.39, 0.29) is 29.7 Å². The number of aliphatic hydroxyl groups excluding tert-OH is 1. The summed E-state index contributed by atoms with van der Waals surface area (Å²) < 4.78 is 0. The molecule has 1 fully saturated rings. The molecule has 0 saturated carbocycles. The predicted octanol–water partition coefficient (Wildman–Crippen LogP) is 1.34. The van der Waals surface area contributed by atoms with Crippen LogP contribution in [-0.2, 0) is 4.79 Å². The van der Waals surface area contributed by atoms with E-state index in [9.17, 15) is 9.90 Å². The van der Waals surface area contributed by atoms with Crippen molar-refractivity contribution in [3.05, 3.63) is 0 Å². The number of hydrogen-bond acceptors (Lipinski definition) is 4. The highest BCUT2D eigenvalue weighted by atomic mass is 32.2. The van der Waals surface area contributed by atoms with Crippen LogP contribution in [-0.4, -0.2) is 59.2 Å². The SMILES string of the molecule is CSC(CO)C(C)NC(=O)C1CCN(C(C)C)CC1. The molecular weight excluding hydrogens is 260 g/mol. The number of nitrogens with zero attached hydrogens (tertiary/aromatic N) is 1. The van der Waals surface area contributed by atoms with Crippen LogP contribution in [0, 0.1) is 5.92 Å². The summed E-state index contributed by atoms with van der Waals surface area (Å²) in [7, 11) is 0. The van der Waals surface area contributed by atoms with E-state index in [0.29, 0.717) is 6.04 Å². The quantitative estimate of drug-likeness (QED) is 0.774. The molecule has 0 spiro atoms. The van der Waals surface area contributed by atoms with Crippen molar-refractivity contribution in [2.45, 2.75) is 50.9 Å². The van der Waals surface area contributed by atoms with Gasteiger partial charge in [0.1, 0.15) is 0 Å². The van der Waals surface area contributed by atoms with Crippen molar-refractivity contribution in [2.75, 3.05) is 26.0 Å². The zero-order valence-corrected chi connectivity index (χ0v) is 13.4. The van der Waals surface area contributed by atoms with E-state index in [1.165, 1.54) is 0 Å². The van der Waals surface area contributed by atoms with E-state index in [1.54, 1.807) is 11.8 Å². The summed E-state index contributed by atoms with van der Waals surface area (Å²) in [6.07, 6.45) is 3.85. The Bertz CT molecular complexity index is 275. The van der Waals surface area contributed by atoms with Gasteiger partial charge in [0.15, 0.2) is 0 Å². The summed E-state index contributed by atoms with van der Waals surface area (Å²) in [6.45, 7) is 8.50. The Labute approximate surface area is 121 Å². The van der Waals surface area contributed by atoms with Gasteiger partial charge in [0.25, 0.3) is 0 Å². The monoisotopic (exact) mass is 288 g/mol. The average molecular weight is 288 g/mol. The molecule has 2 N–H and O–H groups in total. The Morgan fingerprint density at radius 3 is 2.37 bits per heavy atom. The summed E-state index contributed by atoms with van der Waals surface area (Å²) in [4.78, 5) is 14.6. The third kappa shape index (κ3) is 4.97. The Hall–Kier alpha value is -0.260. The fourth-order valence-corrected chi connectivity index (χ4v) is 3.18. The molecule has 0 aromatic rings. The number of amides is 1. The molecule has 2 atom stereocenters. The minimum absolute atomic E-state index is 0.0237. The minimum Gasteiger partial charge on any atom is -0.395 e. The first-order valence-electron chi connectivity index (χ1n) is 7.17. The van der Waals surface area contributed by atoms with Crippen LogP contribution in [0.25, 0.3) is 0 Å². The normalized spacial score (nSPS) is 21.4. The summed E-state index contributed by atoms with van der Waals surface area (Å²) in [5.74, 6) is 0.294. The zero-order valence-electron chi connectivity index (χ0n) is 12.6. The highest BCUT2D eigenvalue weighted by Crippen LogP contribution is 2.20. The number of carbonyl (C=O) groups excluding carboxylic acids is 1. The van der Waals surface area contributed by atoms with E-state index in [4.69, 9.17) is 0 Å². The molecule has 19 heavy (non-hydrogen) atoms. The molecule has 1 heterocycles. The molecule has 0 radical (unpaired) electrons. The second kappa shape index (κ2) is 8.12. The van der Waals surface area contributed by atoms with Crippen LogP contribution in [0.3, 0.4) is 0 Å². The van der Waals surface area contributed by atoms with Crippen LogP contribution in [0.4, 0.5) is 0 Å². The lowest BCUT2D eigenvalue weighted by molar-refractivity contribution is -0.127. The zero-order chi connectivity index (χ0) is 14.4. The van der Waals surface area contributed by atoms with Gasteiger partial charge in [0.2, 0.25) is 5.91 Å². The van der Waals surface area contributed by atoms with Crippen LogP contribution >= 0.6 is 11.8 Å². The fourth-order valence-electron chi connectivity index (χ4n) is 2.55. The average Bonchev–Trinajstić information content (AvgIpc) is 2.40. The second-order valence-corrected chi connectivity index (χ2v) is 6.73. The standard InChI is InChI=1S/C14H28N2O2S/c1-10(2)16-7-5-12(6-8-16)14(18)15-11(3)13(9-17)19-4/h10-13,17H,5-9H2,1-4H3,(H,15,18). The van der Waals surface area contributed by atoms with Gasteiger partial charge in [-0.3, -0.25) is 4.79 Å². The maximum Gasteiger partial charge on any atom is 0.223 e. The van der Waals surface area contributed by atoms with Crippen molar-refractivity contribution in [2.24, 2.45) is 5.92 Å². The maximum atomic E-state index is 12.2. The van der Waals surface area contributed by atoms with Crippen molar-refractivity contribution >= 4 is 17.7 Å². The lowest BCUT2D eigenvalue weighted by Crippen LogP contribution is -2.47. The van der Waals surface area contributed by atoms with Crippen LogP contribution in [0.1, 0.15) is 33.6 Å². The van der Waals surface area contributed by atoms with Crippen molar-refractivity contribution in [1.82, 2.24) is 10.2 Å². The van der Waals surface area contributed by atoms with Gasteiger partial charge in [-0.2, -0.15) is 11.8 Å². The van der Waals surface area contributed by atoms with Crippen LogP contribution in [0.5, 0.6) is 0 Å². The molecule has 1 rings (SSSR count). The molecule has 5 heteroatoms. The first-order chi connectivity index (χ1) is 8.99. The predicted molar refractivity (Wildman–Crippen MR) is 81.4 cm³/mol. The summed E-state index contributed by atoms with van der Waals surface area (Å²) in [6, 6.07) is 0.592. The number of nitrogens with one attached hydrogen (secondary N) is 1. The third-order valence-corrected chi connectivity index (χ3v) is 5.20. The maximum absolute atomic E-state index is 12.2. The smallest absolute Gasteiger partial charge is 0.223 e. The number of carbonyl (C=O) groups is 1. The van der Waals surface area contributed by atoms with Crippen LogP contribution in [0.2, 0.25) is 0 Å². The van der Waals surface area contributed by atoms with Crippen molar-refractivity contribution in [1.29, 1.82) is 0 Å². The summed E-state index contributed by atoms with van der Waals surface area (Å²) in [5, 5.41) is 12.4. The van der Waals surface area contributed by atoms with Gasteiger partial charge >= 0.3 is 0 Å². The number of thioether (sulfide) groups is 1. The molecule has 1 saturated heterocycles. The molecule has 0 bridgehead atoms. The van der Waals surface area contributed by atoms with Gasteiger partial charge in [-0.05, 0) is 53.0 Å². The van der Waals surface area contributed by atoms with Gasteiger partial charge in [0, 0.05) is 23.3 Å². The molecule has 0 aromatic carbocycles. The molecule has 0 aromatic heterocycles. The molecule has 1 aliphatic heterocycles. The van der Waals surface area contributed by atoms with Crippen molar-refractivity contribution in [3.63, 3.8) is 0 Å². The summed E-state index contributed by atoms with van der Waals surface area (Å²) in [5.41, 5.74) is 0. The Morgan fingerprint density at radius 2 is 1.95 bits per heavy atom. The van der Waals surface area contributed by atoms with Crippen molar-refractivity contribution < 1.29 is 9.90 Å². The van der Waals surface area contributed by atoms with Gasteiger partial charge in [-0.15, -0.1) is 0 Å². The Kier molecular flexibility index (Phi) is 7.18. The lowest BCUT2D eigenvalue weighted by Gasteiger charge is -2.34. The Balaban J connectivity index is 2.39. The molecule has 4 nitrogen and oxygen atoms in total. The van der Waals surface area contributed by atoms with Gasteiger partial charge in [-0.1, -0.05) is 0 Å². The highest BCUT2D eigenvalue weighted by Gasteiger charge is 2.27. The van der Waals surface area contributed by atoms with Gasteiger partial charge < -0.3 is 15.3 Å². The lowest BCUT2D eigenvalue weighted by atomic mass is 9.94. The second-order valence-electron chi connectivity index (χ2n) is 5.66. The topological polar surface area (TPSA) is 52.6 Å². The van der Waals surface area contributed by atoms with Crippen LogP contribution in [0.15, 0.2) is 0 Å². The number of likely N-dealkylation sites (tertiary alicyclic amines) is 1. The van der Waals surface area contributed by atoms with Crippen molar-refractivity contribution in [3.8, 4) is 0 Å². The highest BCUT2D eigenvalue weighted by molar-refractivity contribution is 7.99. The van der Waals surface area contributed by atoms with E-state index >= 15 is 0 Å². The first-order valence-corrected chi connectivity index (χ1v) is 8.46. The van der Waals surface area contributed by atoms with Crippen LogP contribution < -0.4 is 5.32 Å². The van der Waals surface area contributed by atoms with E-state index in [2.05, 4.69) is 24.1 Å². The third-order valence-electron chi connectivity index (χ3n) is 4.04. The largest absolute Gasteiger partial charge is 0.395 e. The van der Waals surface area contributed by atoms with E-state index in [0.717, 1.165) is 25.9 Å². The molecule has 1 amide bonds. The Morgan fingerprint density at radius 1 is 1.37 bits per heavy atom. The van der Waals surface area contributed by atoms with E-state index in [1.807, 2.05) is 13.2 Å². The van der Waals surface area contributed by atoms with E-state index < -0.39 is 0 Å². The molecule has 2 unspecified atom stereocenters. The fraction of sp³-hybridized carbons (Fsp3) is 0.929. The van der Waals surface area contributed by atoms with Gasteiger partial charge in [0.05, 0.1) is 6.61 Å². The number of rotatable bonds is 6. The van der Waals surface area contributed by atoms with Gasteiger partial charge in [-0.25, -0.2) is 0 Å². The number of aliphatic hydroxyl groups is 1. The molecule has 0 aliphatic carbocycles. The molecule has 112 valence electrons. The number of piperidine rings is 1.